The molecule has 0 amide bonds. The Balaban J connectivity index is 0.000000162. The Morgan fingerprint density at radius 3 is 1.83 bits per heavy atom. The van der Waals surface area contributed by atoms with Gasteiger partial charge in [-0.15, -0.1) is 10.2 Å². The van der Waals surface area contributed by atoms with Crippen LogP contribution >= 0.6 is 0 Å². The summed E-state index contributed by atoms with van der Waals surface area (Å²) < 4.78 is 49.8. The minimum Gasteiger partial charge on any atom is -0.471 e. The number of hydrogen-bond donors (Lipinski definition) is 0. The SMILES string of the molecule is Fc1cc(-n2cc(COc3ccccn3)nn2)ccc1N1CCOCC1.O=c1ccccn1Cc1cn(-c2ccc(N3CCOCC3)c(F)c2)nn1. The predicted octanol–water partition coefficient (Wildman–Crippen LogP) is 3.67. The highest BCUT2D eigenvalue weighted by molar-refractivity contribution is 5.53. The van der Waals surface area contributed by atoms with Crippen LogP contribution in [0.3, 0.4) is 0 Å². The second kappa shape index (κ2) is 16.3. The summed E-state index contributed by atoms with van der Waals surface area (Å²) in [6, 6.07) is 20.4. The molecule has 0 unspecified atom stereocenters. The van der Waals surface area contributed by atoms with Crippen molar-refractivity contribution in [3.63, 3.8) is 0 Å². The van der Waals surface area contributed by atoms with Crippen LogP contribution in [0.15, 0.2) is 102 Å². The van der Waals surface area contributed by atoms with Crippen molar-refractivity contribution in [1.82, 2.24) is 39.5 Å². The van der Waals surface area contributed by atoms with Crippen LogP contribution in [0.4, 0.5) is 20.2 Å². The molecule has 268 valence electrons. The molecule has 0 atom stereocenters. The van der Waals surface area contributed by atoms with Crippen molar-refractivity contribution in [2.75, 3.05) is 62.4 Å². The standard InChI is InChI=1S/2C18H18FN5O2/c19-16-11-15(4-5-17(16)22-7-9-26-10-8-22)24-13-14(20-21-24)12-23-6-2-1-3-18(23)25;19-16-11-15(4-5-17(16)23-7-9-25-10-8-23)24-12-14(21-22-24)13-26-18-3-1-2-6-20-18/h1-6,11,13H,7-10,12H2;1-6,11-12H,7-10,13H2. The van der Waals surface area contributed by atoms with Crippen molar-refractivity contribution in [3.05, 3.63) is 131 Å². The molecule has 2 aliphatic heterocycles. The molecule has 4 aromatic heterocycles. The normalized spacial score (nSPS) is 14.5. The smallest absolute Gasteiger partial charge is 0.250 e. The molecule has 0 bridgehead atoms. The zero-order valence-electron chi connectivity index (χ0n) is 28.2. The highest BCUT2D eigenvalue weighted by Gasteiger charge is 2.18. The molecular formula is C36H36F2N10O4. The molecule has 6 aromatic rings. The summed E-state index contributed by atoms with van der Waals surface area (Å²) in [6.07, 6.45) is 6.76. The Kier molecular flexibility index (Phi) is 10.8. The van der Waals surface area contributed by atoms with E-state index in [0.717, 1.165) is 0 Å². The summed E-state index contributed by atoms with van der Waals surface area (Å²) in [5.74, 6) is -0.0742. The van der Waals surface area contributed by atoms with Gasteiger partial charge in [-0.2, -0.15) is 0 Å². The van der Waals surface area contributed by atoms with Crippen molar-refractivity contribution in [1.29, 1.82) is 0 Å². The van der Waals surface area contributed by atoms with Gasteiger partial charge in [0.05, 0.1) is 68.1 Å². The van der Waals surface area contributed by atoms with Crippen LogP contribution in [0.25, 0.3) is 11.4 Å². The van der Waals surface area contributed by atoms with Gasteiger partial charge in [0.2, 0.25) is 5.88 Å². The number of nitrogens with zero attached hydrogens (tertiary/aromatic N) is 10. The van der Waals surface area contributed by atoms with Gasteiger partial charge < -0.3 is 28.6 Å². The summed E-state index contributed by atoms with van der Waals surface area (Å²) in [6.45, 7) is 5.72. The minimum atomic E-state index is -0.305. The topological polar surface area (TPSA) is 130 Å². The molecule has 0 radical (unpaired) electrons. The van der Waals surface area contributed by atoms with E-state index in [-0.39, 0.29) is 23.8 Å². The van der Waals surface area contributed by atoms with Crippen LogP contribution in [0.5, 0.6) is 5.88 Å². The summed E-state index contributed by atoms with van der Waals surface area (Å²) in [4.78, 5) is 19.8. The average Bonchev–Trinajstić information content (AvgIpc) is 3.87. The average molecular weight is 711 g/mol. The number of halogens is 2. The molecule has 2 aliphatic rings. The number of pyridine rings is 2. The van der Waals surface area contributed by atoms with Gasteiger partial charge in [0, 0.05) is 62.8 Å². The minimum absolute atomic E-state index is 0.108. The Labute approximate surface area is 297 Å². The van der Waals surface area contributed by atoms with Crippen molar-refractivity contribution in [3.8, 4) is 17.3 Å². The molecule has 8 rings (SSSR count). The Hall–Kier alpha value is -6.00. The molecule has 2 saturated heterocycles. The van der Waals surface area contributed by atoms with Gasteiger partial charge in [0.15, 0.2) is 0 Å². The number of morpholine rings is 2. The van der Waals surface area contributed by atoms with Crippen molar-refractivity contribution in [2.45, 2.75) is 13.2 Å². The number of ether oxygens (including phenoxy) is 3. The van der Waals surface area contributed by atoms with Crippen molar-refractivity contribution in [2.24, 2.45) is 0 Å². The molecule has 0 saturated carbocycles. The second-order valence-corrected chi connectivity index (χ2v) is 11.9. The van der Waals surface area contributed by atoms with E-state index in [1.165, 1.54) is 32.1 Å². The lowest BCUT2D eigenvalue weighted by atomic mass is 10.2. The van der Waals surface area contributed by atoms with E-state index in [0.29, 0.717) is 99.2 Å². The van der Waals surface area contributed by atoms with Crippen LogP contribution in [0, 0.1) is 11.6 Å². The van der Waals surface area contributed by atoms with Crippen LogP contribution in [0.1, 0.15) is 11.4 Å². The van der Waals surface area contributed by atoms with Gasteiger partial charge in [-0.1, -0.05) is 22.6 Å². The number of rotatable bonds is 9. The first-order chi connectivity index (χ1) is 25.5. The molecular weight excluding hydrogens is 674 g/mol. The lowest BCUT2D eigenvalue weighted by Crippen LogP contribution is -2.36. The molecule has 16 heteroatoms. The van der Waals surface area contributed by atoms with Gasteiger partial charge in [-0.05, 0) is 36.4 Å². The van der Waals surface area contributed by atoms with E-state index >= 15 is 0 Å². The number of hydrogen-bond acceptors (Lipinski definition) is 11. The third kappa shape index (κ3) is 8.47. The third-order valence-corrected chi connectivity index (χ3v) is 8.41. The van der Waals surface area contributed by atoms with Gasteiger partial charge >= 0.3 is 0 Å². The molecule has 6 heterocycles. The van der Waals surface area contributed by atoms with E-state index in [4.69, 9.17) is 14.2 Å². The predicted molar refractivity (Wildman–Crippen MR) is 187 cm³/mol. The van der Waals surface area contributed by atoms with Gasteiger partial charge in [0.1, 0.15) is 29.6 Å². The first kappa shape index (κ1) is 34.4. The quantitative estimate of drug-likeness (QED) is 0.218. The molecule has 52 heavy (non-hydrogen) atoms. The van der Waals surface area contributed by atoms with Gasteiger partial charge in [-0.3, -0.25) is 4.79 Å². The number of anilines is 2. The van der Waals surface area contributed by atoms with Crippen molar-refractivity contribution >= 4 is 11.4 Å². The summed E-state index contributed by atoms with van der Waals surface area (Å²) in [7, 11) is 0. The largest absolute Gasteiger partial charge is 0.471 e. The molecule has 0 spiro atoms. The van der Waals surface area contributed by atoms with E-state index in [2.05, 4.69) is 25.6 Å². The molecule has 2 fully saturated rings. The van der Waals surface area contributed by atoms with Gasteiger partial charge in [0.25, 0.3) is 5.56 Å². The summed E-state index contributed by atoms with van der Waals surface area (Å²) in [5.41, 5.74) is 3.48. The van der Waals surface area contributed by atoms with Crippen molar-refractivity contribution < 1.29 is 23.0 Å². The fraction of sp³-hybridized carbons (Fsp3) is 0.278. The fourth-order valence-electron chi connectivity index (χ4n) is 5.73. The second-order valence-electron chi connectivity index (χ2n) is 11.9. The Bertz CT molecular complexity index is 2130. The number of benzene rings is 2. The molecule has 0 N–H and O–H groups in total. The fourth-order valence-corrected chi connectivity index (χ4v) is 5.73. The van der Waals surface area contributed by atoms with E-state index in [9.17, 15) is 13.6 Å². The summed E-state index contributed by atoms with van der Waals surface area (Å²) in [5, 5.41) is 16.2. The first-order valence-corrected chi connectivity index (χ1v) is 16.8. The molecule has 2 aromatic carbocycles. The Morgan fingerprint density at radius 2 is 1.27 bits per heavy atom. The van der Waals surface area contributed by atoms with E-state index in [1.807, 2.05) is 28.0 Å². The van der Waals surface area contributed by atoms with Crippen LogP contribution < -0.4 is 20.1 Å². The van der Waals surface area contributed by atoms with E-state index < -0.39 is 0 Å². The highest BCUT2D eigenvalue weighted by Crippen LogP contribution is 2.24. The lowest BCUT2D eigenvalue weighted by Gasteiger charge is -2.29. The maximum absolute atomic E-state index is 14.5. The van der Waals surface area contributed by atoms with Crippen LogP contribution in [-0.2, 0) is 22.6 Å². The van der Waals surface area contributed by atoms with Gasteiger partial charge in [-0.25, -0.2) is 23.1 Å². The zero-order chi connectivity index (χ0) is 35.7. The van der Waals surface area contributed by atoms with E-state index in [1.54, 1.807) is 61.2 Å². The third-order valence-electron chi connectivity index (χ3n) is 8.41. The maximum atomic E-state index is 14.5. The highest BCUT2D eigenvalue weighted by atomic mass is 19.1. The monoisotopic (exact) mass is 710 g/mol. The molecule has 14 nitrogen and oxygen atoms in total. The Morgan fingerprint density at radius 1 is 0.692 bits per heavy atom. The lowest BCUT2D eigenvalue weighted by molar-refractivity contribution is 0.122. The van der Waals surface area contributed by atoms with Crippen LogP contribution in [-0.4, -0.2) is 92.1 Å². The maximum Gasteiger partial charge on any atom is 0.250 e. The molecule has 0 aliphatic carbocycles. The van der Waals surface area contributed by atoms with Crippen LogP contribution in [0.2, 0.25) is 0 Å². The zero-order valence-corrected chi connectivity index (χ0v) is 28.2. The number of aromatic nitrogens is 8. The summed E-state index contributed by atoms with van der Waals surface area (Å²) >= 11 is 0. The first-order valence-electron chi connectivity index (χ1n) is 16.8.